The SMILES string of the molecule is Cc1nc(N(C)C(C)C)sc1C(=N)N. The van der Waals surface area contributed by atoms with E-state index in [1.54, 1.807) is 0 Å². The summed E-state index contributed by atoms with van der Waals surface area (Å²) in [5.41, 5.74) is 6.28. The van der Waals surface area contributed by atoms with Gasteiger partial charge in [-0.2, -0.15) is 0 Å². The molecule has 0 atom stereocenters. The van der Waals surface area contributed by atoms with Gasteiger partial charge in [0.2, 0.25) is 0 Å². The predicted octanol–water partition coefficient (Wildman–Crippen LogP) is 1.58. The fourth-order valence-corrected chi connectivity index (χ4v) is 2.03. The number of aryl methyl sites for hydroxylation is 1. The van der Waals surface area contributed by atoms with Gasteiger partial charge in [0.1, 0.15) is 5.84 Å². The van der Waals surface area contributed by atoms with Crippen LogP contribution in [0.4, 0.5) is 5.13 Å². The first-order valence-electron chi connectivity index (χ1n) is 4.48. The van der Waals surface area contributed by atoms with E-state index in [1.165, 1.54) is 11.3 Å². The molecule has 1 aromatic heterocycles. The molecule has 0 aromatic carbocycles. The largest absolute Gasteiger partial charge is 0.383 e. The molecule has 0 fully saturated rings. The minimum atomic E-state index is 0.100. The van der Waals surface area contributed by atoms with Gasteiger partial charge in [-0.25, -0.2) is 4.98 Å². The lowest BCUT2D eigenvalue weighted by Crippen LogP contribution is -2.25. The maximum atomic E-state index is 7.37. The Bertz CT molecular complexity index is 343. The molecular weight excluding hydrogens is 196 g/mol. The lowest BCUT2D eigenvalue weighted by molar-refractivity contribution is 0.750. The van der Waals surface area contributed by atoms with E-state index in [2.05, 4.69) is 23.7 Å². The molecule has 0 spiro atoms. The number of hydrogen-bond acceptors (Lipinski definition) is 4. The smallest absolute Gasteiger partial charge is 0.186 e. The minimum Gasteiger partial charge on any atom is -0.383 e. The van der Waals surface area contributed by atoms with Gasteiger partial charge in [-0.05, 0) is 20.8 Å². The van der Waals surface area contributed by atoms with Crippen molar-refractivity contribution in [2.75, 3.05) is 11.9 Å². The van der Waals surface area contributed by atoms with Gasteiger partial charge in [-0.3, -0.25) is 5.41 Å². The Morgan fingerprint density at radius 2 is 2.14 bits per heavy atom. The third-order valence-electron chi connectivity index (χ3n) is 2.11. The predicted molar refractivity (Wildman–Crippen MR) is 61.4 cm³/mol. The minimum absolute atomic E-state index is 0.100. The number of nitrogens with zero attached hydrogens (tertiary/aromatic N) is 2. The molecule has 3 N–H and O–H groups in total. The Balaban J connectivity index is 3.02. The molecule has 0 saturated heterocycles. The topological polar surface area (TPSA) is 66.0 Å². The molecule has 0 unspecified atom stereocenters. The summed E-state index contributed by atoms with van der Waals surface area (Å²) in [7, 11) is 1.99. The maximum Gasteiger partial charge on any atom is 0.186 e. The number of rotatable bonds is 3. The fraction of sp³-hybridized carbons (Fsp3) is 0.556. The van der Waals surface area contributed by atoms with Crippen LogP contribution in [0.1, 0.15) is 24.4 Å². The number of hydrogen-bond donors (Lipinski definition) is 2. The van der Waals surface area contributed by atoms with Crippen molar-refractivity contribution in [2.24, 2.45) is 5.73 Å². The molecule has 0 aliphatic rings. The number of thiazole rings is 1. The Morgan fingerprint density at radius 1 is 1.57 bits per heavy atom. The average molecular weight is 212 g/mol. The molecule has 0 radical (unpaired) electrons. The second-order valence-corrected chi connectivity index (χ2v) is 4.51. The molecule has 1 aromatic rings. The van der Waals surface area contributed by atoms with Crippen molar-refractivity contribution in [3.05, 3.63) is 10.6 Å². The molecule has 1 heterocycles. The first kappa shape index (κ1) is 11.0. The zero-order chi connectivity index (χ0) is 10.9. The molecule has 5 heteroatoms. The standard InChI is InChI=1S/C9H16N4S/c1-5(2)13(4)9-12-6(3)7(14-9)8(10)11/h5H,1-4H3,(H3,10,11). The Hall–Kier alpha value is -1.10. The summed E-state index contributed by atoms with van der Waals surface area (Å²) in [6.07, 6.45) is 0. The third-order valence-corrected chi connectivity index (χ3v) is 3.39. The first-order chi connectivity index (χ1) is 6.43. The zero-order valence-electron chi connectivity index (χ0n) is 8.96. The van der Waals surface area contributed by atoms with E-state index < -0.39 is 0 Å². The normalized spacial score (nSPS) is 10.6. The van der Waals surface area contributed by atoms with Gasteiger partial charge in [-0.15, -0.1) is 0 Å². The number of amidine groups is 1. The van der Waals surface area contributed by atoms with Gasteiger partial charge in [0.15, 0.2) is 5.13 Å². The van der Waals surface area contributed by atoms with Crippen LogP contribution in [0.15, 0.2) is 0 Å². The van der Waals surface area contributed by atoms with Crippen LogP contribution in [-0.2, 0) is 0 Å². The summed E-state index contributed by atoms with van der Waals surface area (Å²) in [6, 6.07) is 0.403. The number of anilines is 1. The number of nitrogens with two attached hydrogens (primary N) is 1. The Kier molecular flexibility index (Phi) is 3.10. The first-order valence-corrected chi connectivity index (χ1v) is 5.29. The number of nitrogen functional groups attached to an aromatic ring is 1. The maximum absolute atomic E-state index is 7.37. The molecule has 78 valence electrons. The van der Waals surface area contributed by atoms with Crippen LogP contribution >= 0.6 is 11.3 Å². The van der Waals surface area contributed by atoms with Gasteiger partial charge in [0.25, 0.3) is 0 Å². The average Bonchev–Trinajstić information content (AvgIpc) is 2.45. The molecule has 0 bridgehead atoms. The van der Waals surface area contributed by atoms with Gasteiger partial charge in [-0.1, -0.05) is 11.3 Å². The summed E-state index contributed by atoms with van der Waals surface area (Å²) in [4.78, 5) is 7.22. The van der Waals surface area contributed by atoms with Crippen LogP contribution in [0, 0.1) is 12.3 Å². The summed E-state index contributed by atoms with van der Waals surface area (Å²) in [5, 5.41) is 8.29. The van der Waals surface area contributed by atoms with Gasteiger partial charge >= 0.3 is 0 Å². The van der Waals surface area contributed by atoms with E-state index in [4.69, 9.17) is 11.1 Å². The summed E-state index contributed by atoms with van der Waals surface area (Å²) in [5.74, 6) is 0.100. The highest BCUT2D eigenvalue weighted by atomic mass is 32.1. The summed E-state index contributed by atoms with van der Waals surface area (Å²) < 4.78 is 0. The van der Waals surface area contributed by atoms with Crippen LogP contribution in [0.25, 0.3) is 0 Å². The monoisotopic (exact) mass is 212 g/mol. The van der Waals surface area contributed by atoms with Crippen LogP contribution in [0.5, 0.6) is 0 Å². The van der Waals surface area contributed by atoms with Crippen LogP contribution in [-0.4, -0.2) is 23.9 Å². The third kappa shape index (κ3) is 2.04. The van der Waals surface area contributed by atoms with E-state index in [0.717, 1.165) is 15.7 Å². The highest BCUT2D eigenvalue weighted by Gasteiger charge is 2.14. The molecule has 1 rings (SSSR count). The molecule has 0 aliphatic carbocycles. The van der Waals surface area contributed by atoms with E-state index in [1.807, 2.05) is 14.0 Å². The zero-order valence-corrected chi connectivity index (χ0v) is 9.77. The molecule has 14 heavy (non-hydrogen) atoms. The molecule has 0 saturated carbocycles. The number of nitrogens with one attached hydrogen (secondary N) is 1. The van der Waals surface area contributed by atoms with Crippen molar-refractivity contribution in [3.8, 4) is 0 Å². The summed E-state index contributed by atoms with van der Waals surface area (Å²) >= 11 is 1.47. The second kappa shape index (κ2) is 3.96. The molecular formula is C9H16N4S. The van der Waals surface area contributed by atoms with Crippen LogP contribution in [0.3, 0.4) is 0 Å². The lowest BCUT2D eigenvalue weighted by atomic mass is 10.4. The quantitative estimate of drug-likeness (QED) is 0.590. The van der Waals surface area contributed by atoms with Crippen molar-refractivity contribution >= 4 is 22.3 Å². The molecule has 0 amide bonds. The van der Waals surface area contributed by atoms with Gasteiger partial charge < -0.3 is 10.6 Å². The van der Waals surface area contributed by atoms with Crippen molar-refractivity contribution in [2.45, 2.75) is 26.8 Å². The van der Waals surface area contributed by atoms with E-state index in [9.17, 15) is 0 Å². The second-order valence-electron chi connectivity index (χ2n) is 3.53. The highest BCUT2D eigenvalue weighted by Crippen LogP contribution is 2.25. The van der Waals surface area contributed by atoms with Gasteiger partial charge in [0.05, 0.1) is 10.6 Å². The van der Waals surface area contributed by atoms with Crippen molar-refractivity contribution < 1.29 is 0 Å². The number of aromatic nitrogens is 1. The van der Waals surface area contributed by atoms with Gasteiger partial charge in [0, 0.05) is 13.1 Å². The van der Waals surface area contributed by atoms with Crippen LogP contribution < -0.4 is 10.6 Å². The van der Waals surface area contributed by atoms with Crippen molar-refractivity contribution in [1.29, 1.82) is 5.41 Å². The van der Waals surface area contributed by atoms with Crippen molar-refractivity contribution in [1.82, 2.24) is 4.98 Å². The van der Waals surface area contributed by atoms with E-state index in [-0.39, 0.29) is 5.84 Å². The summed E-state index contributed by atoms with van der Waals surface area (Å²) in [6.45, 7) is 6.08. The Labute approximate surface area is 88.3 Å². The lowest BCUT2D eigenvalue weighted by Gasteiger charge is -2.19. The van der Waals surface area contributed by atoms with Crippen LogP contribution in [0.2, 0.25) is 0 Å². The van der Waals surface area contributed by atoms with E-state index in [0.29, 0.717) is 6.04 Å². The van der Waals surface area contributed by atoms with Crippen molar-refractivity contribution in [3.63, 3.8) is 0 Å². The van der Waals surface area contributed by atoms with E-state index >= 15 is 0 Å². The fourth-order valence-electron chi connectivity index (χ4n) is 1.00. The highest BCUT2D eigenvalue weighted by molar-refractivity contribution is 7.17. The Morgan fingerprint density at radius 3 is 2.50 bits per heavy atom. The molecule has 4 nitrogen and oxygen atoms in total. The molecule has 0 aliphatic heterocycles.